The fourth-order valence-electron chi connectivity index (χ4n) is 2.29. The molecular formula is C17H19FN4O3. The van der Waals surface area contributed by atoms with Gasteiger partial charge in [-0.25, -0.2) is 14.2 Å². The molecule has 0 aliphatic heterocycles. The van der Waals surface area contributed by atoms with E-state index in [1.54, 1.807) is 25.1 Å². The van der Waals surface area contributed by atoms with E-state index in [9.17, 15) is 14.0 Å². The number of carbonyl (C=O) groups excluding carboxylic acids is 2. The van der Waals surface area contributed by atoms with Gasteiger partial charge in [-0.2, -0.15) is 0 Å². The van der Waals surface area contributed by atoms with Crippen LogP contribution < -0.4 is 21.1 Å². The van der Waals surface area contributed by atoms with Crippen LogP contribution in [0.5, 0.6) is 5.88 Å². The van der Waals surface area contributed by atoms with Gasteiger partial charge in [-0.15, -0.1) is 0 Å². The number of halogens is 1. The molecule has 0 aliphatic carbocycles. The lowest BCUT2D eigenvalue weighted by Crippen LogP contribution is -2.35. The summed E-state index contributed by atoms with van der Waals surface area (Å²) in [6.07, 6.45) is 1.34. The largest absolute Gasteiger partial charge is 0.476 e. The number of amides is 3. The van der Waals surface area contributed by atoms with Crippen LogP contribution in [0, 0.1) is 5.82 Å². The number of urea groups is 1. The van der Waals surface area contributed by atoms with E-state index >= 15 is 0 Å². The molecule has 132 valence electrons. The Morgan fingerprint density at radius 2 is 2.04 bits per heavy atom. The second kappa shape index (κ2) is 8.62. The van der Waals surface area contributed by atoms with Crippen LogP contribution >= 0.6 is 0 Å². The molecule has 25 heavy (non-hydrogen) atoms. The van der Waals surface area contributed by atoms with E-state index in [0.717, 1.165) is 0 Å². The van der Waals surface area contributed by atoms with Gasteiger partial charge in [-0.1, -0.05) is 18.2 Å². The Morgan fingerprint density at radius 1 is 1.28 bits per heavy atom. The molecule has 0 saturated carbocycles. The summed E-state index contributed by atoms with van der Waals surface area (Å²) in [4.78, 5) is 27.6. The third-order valence-electron chi connectivity index (χ3n) is 3.31. The molecule has 0 bridgehead atoms. The van der Waals surface area contributed by atoms with E-state index in [4.69, 9.17) is 10.5 Å². The maximum absolute atomic E-state index is 14.0. The van der Waals surface area contributed by atoms with Gasteiger partial charge in [0.1, 0.15) is 11.5 Å². The van der Waals surface area contributed by atoms with Crippen LogP contribution in [0.2, 0.25) is 0 Å². The zero-order valence-electron chi connectivity index (χ0n) is 13.7. The Morgan fingerprint density at radius 3 is 2.72 bits per heavy atom. The first kappa shape index (κ1) is 18.2. The van der Waals surface area contributed by atoms with Gasteiger partial charge in [0.2, 0.25) is 11.8 Å². The van der Waals surface area contributed by atoms with Gasteiger partial charge in [-0.05, 0) is 25.1 Å². The van der Waals surface area contributed by atoms with Crippen LogP contribution in [0.15, 0.2) is 42.6 Å². The van der Waals surface area contributed by atoms with Gasteiger partial charge in [0, 0.05) is 11.8 Å². The summed E-state index contributed by atoms with van der Waals surface area (Å²) in [5, 5.41) is 5.03. The second-order valence-corrected chi connectivity index (χ2v) is 5.12. The summed E-state index contributed by atoms with van der Waals surface area (Å²) in [6, 6.07) is 7.40. The average molecular weight is 346 g/mol. The van der Waals surface area contributed by atoms with Crippen molar-refractivity contribution in [3.8, 4) is 5.88 Å². The van der Waals surface area contributed by atoms with Gasteiger partial charge in [0.25, 0.3) is 0 Å². The van der Waals surface area contributed by atoms with E-state index in [2.05, 4.69) is 15.6 Å². The van der Waals surface area contributed by atoms with Crippen LogP contribution in [-0.4, -0.2) is 23.5 Å². The minimum absolute atomic E-state index is 0.174. The molecule has 0 saturated heterocycles. The Hall–Kier alpha value is -3.16. The highest BCUT2D eigenvalue weighted by atomic mass is 19.1. The Balaban J connectivity index is 2.15. The third-order valence-corrected chi connectivity index (χ3v) is 3.31. The number of carbonyl (C=O) groups is 2. The van der Waals surface area contributed by atoms with Crippen LogP contribution in [0.4, 0.5) is 14.9 Å². The number of primary amides is 1. The van der Waals surface area contributed by atoms with Gasteiger partial charge in [0.15, 0.2) is 0 Å². The van der Waals surface area contributed by atoms with Crippen molar-refractivity contribution in [1.29, 1.82) is 0 Å². The van der Waals surface area contributed by atoms with E-state index in [-0.39, 0.29) is 17.9 Å². The van der Waals surface area contributed by atoms with E-state index in [1.807, 2.05) is 0 Å². The Bertz CT molecular complexity index is 754. The molecule has 4 N–H and O–H groups in total. The number of aromatic nitrogens is 1. The van der Waals surface area contributed by atoms with E-state index < -0.39 is 23.8 Å². The summed E-state index contributed by atoms with van der Waals surface area (Å²) in [7, 11) is 0. The van der Waals surface area contributed by atoms with Crippen molar-refractivity contribution in [2.75, 3.05) is 11.9 Å². The standard InChI is InChI=1S/C17H19FN4O3/c1-2-25-16-13(8-5-9-20-16)21-15(23)10-14(22-17(19)24)11-6-3-4-7-12(11)18/h3-9,14H,2,10H2,1H3,(H,21,23)(H3,19,22,24). The maximum atomic E-state index is 14.0. The summed E-state index contributed by atoms with van der Waals surface area (Å²) >= 11 is 0. The minimum atomic E-state index is -0.897. The molecule has 0 aliphatic rings. The SMILES string of the molecule is CCOc1ncccc1NC(=O)CC(NC(N)=O)c1ccccc1F. The second-order valence-electron chi connectivity index (χ2n) is 5.12. The predicted molar refractivity (Wildman–Crippen MR) is 90.5 cm³/mol. The normalized spacial score (nSPS) is 11.4. The van der Waals surface area contributed by atoms with Gasteiger partial charge in [-0.3, -0.25) is 4.79 Å². The number of rotatable bonds is 7. The molecule has 2 aromatic rings. The molecule has 1 heterocycles. The smallest absolute Gasteiger partial charge is 0.312 e. The summed E-state index contributed by atoms with van der Waals surface area (Å²) in [6.45, 7) is 2.19. The number of pyridine rings is 1. The van der Waals surface area contributed by atoms with E-state index in [0.29, 0.717) is 12.3 Å². The van der Waals surface area contributed by atoms with Gasteiger partial charge < -0.3 is 21.1 Å². The maximum Gasteiger partial charge on any atom is 0.312 e. The van der Waals surface area contributed by atoms with Crippen molar-refractivity contribution >= 4 is 17.6 Å². The van der Waals surface area contributed by atoms with Crippen LogP contribution in [0.1, 0.15) is 24.9 Å². The molecule has 0 spiro atoms. The van der Waals surface area contributed by atoms with Crippen molar-refractivity contribution in [2.45, 2.75) is 19.4 Å². The molecular weight excluding hydrogens is 327 g/mol. The predicted octanol–water partition coefficient (Wildman–Crippen LogP) is 2.36. The highest BCUT2D eigenvalue weighted by molar-refractivity contribution is 5.92. The quantitative estimate of drug-likeness (QED) is 0.715. The zero-order chi connectivity index (χ0) is 18.2. The van der Waals surface area contributed by atoms with Crippen molar-refractivity contribution in [3.63, 3.8) is 0 Å². The number of nitrogens with two attached hydrogens (primary N) is 1. The van der Waals surface area contributed by atoms with E-state index in [1.165, 1.54) is 24.4 Å². The lowest BCUT2D eigenvalue weighted by molar-refractivity contribution is -0.116. The number of anilines is 1. The number of benzene rings is 1. The molecule has 1 aromatic carbocycles. The number of hydrogen-bond donors (Lipinski definition) is 3. The number of ether oxygens (including phenoxy) is 1. The fraction of sp³-hybridized carbons (Fsp3) is 0.235. The first-order valence-corrected chi connectivity index (χ1v) is 7.69. The number of nitrogens with zero attached hydrogens (tertiary/aromatic N) is 1. The Labute approximate surface area is 144 Å². The molecule has 1 atom stereocenters. The van der Waals surface area contributed by atoms with Crippen LogP contribution in [0.25, 0.3) is 0 Å². The zero-order valence-corrected chi connectivity index (χ0v) is 13.7. The third kappa shape index (κ3) is 5.17. The van der Waals surface area contributed by atoms with Gasteiger partial charge in [0.05, 0.1) is 19.1 Å². The molecule has 1 unspecified atom stereocenters. The molecule has 3 amide bonds. The summed E-state index contributed by atoms with van der Waals surface area (Å²) < 4.78 is 19.3. The van der Waals surface area contributed by atoms with Crippen molar-refractivity contribution in [1.82, 2.24) is 10.3 Å². The lowest BCUT2D eigenvalue weighted by atomic mass is 10.0. The fourth-order valence-corrected chi connectivity index (χ4v) is 2.29. The first-order chi connectivity index (χ1) is 12.0. The summed E-state index contributed by atoms with van der Waals surface area (Å²) in [5.41, 5.74) is 5.70. The van der Waals surface area contributed by atoms with Crippen molar-refractivity contribution in [2.24, 2.45) is 5.73 Å². The van der Waals surface area contributed by atoms with Crippen LogP contribution in [-0.2, 0) is 4.79 Å². The molecule has 2 rings (SSSR count). The van der Waals surface area contributed by atoms with Crippen molar-refractivity contribution in [3.05, 3.63) is 54.0 Å². The number of hydrogen-bond acceptors (Lipinski definition) is 4. The summed E-state index contributed by atoms with van der Waals surface area (Å²) in [5.74, 6) is -0.704. The molecule has 8 heteroatoms. The van der Waals surface area contributed by atoms with Gasteiger partial charge >= 0.3 is 6.03 Å². The molecule has 7 nitrogen and oxygen atoms in total. The number of nitrogens with one attached hydrogen (secondary N) is 2. The monoisotopic (exact) mass is 346 g/mol. The first-order valence-electron chi connectivity index (χ1n) is 7.69. The molecule has 1 aromatic heterocycles. The van der Waals surface area contributed by atoms with Crippen LogP contribution in [0.3, 0.4) is 0 Å². The molecule has 0 fully saturated rings. The Kier molecular flexibility index (Phi) is 6.27. The highest BCUT2D eigenvalue weighted by Crippen LogP contribution is 2.24. The van der Waals surface area contributed by atoms with Crippen molar-refractivity contribution < 1.29 is 18.7 Å². The lowest BCUT2D eigenvalue weighted by Gasteiger charge is -2.18. The minimum Gasteiger partial charge on any atom is -0.476 e. The molecule has 0 radical (unpaired) electrons. The average Bonchev–Trinajstić information content (AvgIpc) is 2.56. The highest BCUT2D eigenvalue weighted by Gasteiger charge is 2.21. The topological polar surface area (TPSA) is 106 Å².